The first-order valence-electron chi connectivity index (χ1n) is 8.30. The summed E-state index contributed by atoms with van der Waals surface area (Å²) in [5.74, 6) is 0. The average Bonchev–Trinajstić information content (AvgIpc) is 3.26. The molecule has 2 fully saturated rings. The summed E-state index contributed by atoms with van der Waals surface area (Å²) in [6.45, 7) is 10.5. The van der Waals surface area contributed by atoms with E-state index in [1.807, 2.05) is 0 Å². The second-order valence-electron chi connectivity index (χ2n) is 8.88. The zero-order valence-corrected chi connectivity index (χ0v) is 18.1. The Kier molecular flexibility index (Phi) is 4.89. The molecule has 0 aromatic rings. The van der Waals surface area contributed by atoms with Crippen molar-refractivity contribution in [3.05, 3.63) is 0 Å². The molecule has 6 nitrogen and oxygen atoms in total. The Morgan fingerprint density at radius 3 is 1.67 bits per heavy atom. The van der Waals surface area contributed by atoms with Gasteiger partial charge in [0.2, 0.25) is 0 Å². The van der Waals surface area contributed by atoms with Gasteiger partial charge in [0.15, 0.2) is 18.2 Å². The van der Waals surface area contributed by atoms with Gasteiger partial charge in [-0.15, -0.1) is 0 Å². The zero-order valence-electron chi connectivity index (χ0n) is 15.5. The lowest BCUT2D eigenvalue weighted by molar-refractivity contribution is 0.273. The lowest BCUT2D eigenvalue weighted by Crippen LogP contribution is -2.47. The molecule has 0 saturated heterocycles. The van der Waals surface area contributed by atoms with Crippen LogP contribution in [0.25, 0.3) is 0 Å². The highest BCUT2D eigenvalue weighted by atomic mass is 32.2. The van der Waals surface area contributed by atoms with Crippen molar-refractivity contribution in [2.45, 2.75) is 74.1 Å². The van der Waals surface area contributed by atoms with Crippen LogP contribution in [0.1, 0.15) is 46.5 Å². The molecule has 24 heavy (non-hydrogen) atoms. The Hall–Kier alpha value is 0.0369. The molecule has 0 aromatic carbocycles. The SMILES string of the molecule is CC(C)(C)[Si](C)(C)OCC1(S(=O)(=O)C2(COS(C)(=O)=O)CC2)CC1. The van der Waals surface area contributed by atoms with E-state index in [-0.39, 0.29) is 18.3 Å². The quantitative estimate of drug-likeness (QED) is 0.461. The third-order valence-corrected chi connectivity index (χ3v) is 14.2. The fourth-order valence-electron chi connectivity index (χ4n) is 2.46. The standard InChI is InChI=1S/C15H30O6S2Si/c1-13(2,3)24(5,6)21-12-15(9-10-15)23(18,19)14(7-8-14)11-20-22(4,16)17/h7-12H2,1-6H3. The van der Waals surface area contributed by atoms with Crippen molar-refractivity contribution in [1.29, 1.82) is 0 Å². The average molecular weight is 399 g/mol. The van der Waals surface area contributed by atoms with Gasteiger partial charge in [0, 0.05) is 0 Å². The Morgan fingerprint density at radius 1 is 0.917 bits per heavy atom. The minimum absolute atomic E-state index is 0.0174. The maximum atomic E-state index is 13.1. The Balaban J connectivity index is 2.12. The predicted molar refractivity (Wildman–Crippen MR) is 96.8 cm³/mol. The van der Waals surface area contributed by atoms with Crippen LogP contribution in [0.2, 0.25) is 18.1 Å². The van der Waals surface area contributed by atoms with E-state index in [0.29, 0.717) is 25.7 Å². The third-order valence-electron chi connectivity index (χ3n) is 5.79. The molecule has 142 valence electrons. The first kappa shape index (κ1) is 20.4. The lowest BCUT2D eigenvalue weighted by atomic mass is 10.2. The minimum Gasteiger partial charge on any atom is -0.415 e. The normalized spacial score (nSPS) is 23.1. The van der Waals surface area contributed by atoms with E-state index in [4.69, 9.17) is 8.61 Å². The maximum absolute atomic E-state index is 13.1. The van der Waals surface area contributed by atoms with Crippen LogP contribution in [-0.2, 0) is 28.6 Å². The van der Waals surface area contributed by atoms with Crippen molar-refractivity contribution in [2.75, 3.05) is 19.5 Å². The van der Waals surface area contributed by atoms with E-state index in [9.17, 15) is 16.8 Å². The smallest absolute Gasteiger partial charge is 0.264 e. The molecular weight excluding hydrogens is 368 g/mol. The highest BCUT2D eigenvalue weighted by molar-refractivity contribution is 7.94. The summed E-state index contributed by atoms with van der Waals surface area (Å²) < 4.78 is 57.9. The predicted octanol–water partition coefficient (Wildman–Crippen LogP) is 2.46. The summed E-state index contributed by atoms with van der Waals surface area (Å²) in [5.41, 5.74) is 0. The van der Waals surface area contributed by atoms with Gasteiger partial charge in [-0.05, 0) is 43.8 Å². The van der Waals surface area contributed by atoms with Gasteiger partial charge < -0.3 is 4.43 Å². The number of hydrogen-bond acceptors (Lipinski definition) is 6. The molecule has 2 saturated carbocycles. The van der Waals surface area contributed by atoms with Crippen LogP contribution in [0.5, 0.6) is 0 Å². The van der Waals surface area contributed by atoms with Gasteiger partial charge >= 0.3 is 0 Å². The summed E-state index contributed by atoms with van der Waals surface area (Å²) in [7, 11) is -9.18. The summed E-state index contributed by atoms with van der Waals surface area (Å²) in [6, 6.07) is 0. The monoisotopic (exact) mass is 398 g/mol. The summed E-state index contributed by atoms with van der Waals surface area (Å²) in [4.78, 5) is 0. The van der Waals surface area contributed by atoms with E-state index in [1.54, 1.807) is 0 Å². The van der Waals surface area contributed by atoms with Gasteiger partial charge in [0.05, 0.1) is 29.0 Å². The van der Waals surface area contributed by atoms with Crippen molar-refractivity contribution in [2.24, 2.45) is 0 Å². The maximum Gasteiger partial charge on any atom is 0.264 e. The molecule has 0 spiro atoms. The van der Waals surface area contributed by atoms with Crippen LogP contribution >= 0.6 is 0 Å². The molecule has 2 aliphatic rings. The van der Waals surface area contributed by atoms with Gasteiger partial charge in [-0.25, -0.2) is 8.42 Å². The molecule has 0 aliphatic heterocycles. The molecule has 0 atom stereocenters. The summed E-state index contributed by atoms with van der Waals surface area (Å²) in [5, 5.41) is 0.0174. The summed E-state index contributed by atoms with van der Waals surface area (Å²) >= 11 is 0. The van der Waals surface area contributed by atoms with Crippen molar-refractivity contribution in [3.63, 3.8) is 0 Å². The Morgan fingerprint density at radius 2 is 1.33 bits per heavy atom. The fourth-order valence-corrected chi connectivity index (χ4v) is 6.78. The number of sulfone groups is 1. The minimum atomic E-state index is -3.65. The topological polar surface area (TPSA) is 86.7 Å². The van der Waals surface area contributed by atoms with Crippen LogP contribution in [0.3, 0.4) is 0 Å². The van der Waals surface area contributed by atoms with Crippen molar-refractivity contribution in [1.82, 2.24) is 0 Å². The Labute approximate surface area is 147 Å². The van der Waals surface area contributed by atoms with Gasteiger partial charge in [-0.1, -0.05) is 20.8 Å². The highest BCUT2D eigenvalue weighted by Gasteiger charge is 2.68. The van der Waals surface area contributed by atoms with Crippen LogP contribution in [0, 0.1) is 0 Å². The Bertz CT molecular complexity index is 695. The van der Waals surface area contributed by atoms with Crippen LogP contribution in [0.15, 0.2) is 0 Å². The van der Waals surface area contributed by atoms with E-state index in [0.717, 1.165) is 6.26 Å². The van der Waals surface area contributed by atoms with E-state index in [1.165, 1.54) is 0 Å². The molecule has 9 heteroatoms. The van der Waals surface area contributed by atoms with Crippen LogP contribution < -0.4 is 0 Å². The van der Waals surface area contributed by atoms with E-state index < -0.39 is 37.8 Å². The summed E-state index contributed by atoms with van der Waals surface area (Å²) in [6.07, 6.45) is 3.05. The third kappa shape index (κ3) is 3.74. The number of rotatable bonds is 8. The largest absolute Gasteiger partial charge is 0.415 e. The van der Waals surface area contributed by atoms with Crippen LogP contribution in [-0.4, -0.2) is 54.1 Å². The molecule has 2 aliphatic carbocycles. The van der Waals surface area contributed by atoms with Gasteiger partial charge in [-0.3, -0.25) is 4.18 Å². The molecule has 0 amide bonds. The van der Waals surface area contributed by atoms with Gasteiger partial charge in [0.1, 0.15) is 0 Å². The highest BCUT2D eigenvalue weighted by Crippen LogP contribution is 2.57. The molecule has 0 heterocycles. The van der Waals surface area contributed by atoms with Gasteiger partial charge in [0.25, 0.3) is 10.1 Å². The molecule has 0 bridgehead atoms. The molecule has 0 radical (unpaired) electrons. The second kappa shape index (κ2) is 5.77. The lowest BCUT2D eigenvalue weighted by Gasteiger charge is -2.37. The van der Waals surface area contributed by atoms with Crippen molar-refractivity contribution >= 4 is 28.3 Å². The fraction of sp³-hybridized carbons (Fsp3) is 1.00. The van der Waals surface area contributed by atoms with Crippen molar-refractivity contribution < 1.29 is 25.4 Å². The van der Waals surface area contributed by atoms with Crippen LogP contribution in [0.4, 0.5) is 0 Å². The molecular formula is C15H30O6S2Si. The van der Waals surface area contributed by atoms with E-state index >= 15 is 0 Å². The zero-order chi connectivity index (χ0) is 18.7. The first-order chi connectivity index (χ1) is 10.6. The van der Waals surface area contributed by atoms with Crippen molar-refractivity contribution in [3.8, 4) is 0 Å². The van der Waals surface area contributed by atoms with E-state index in [2.05, 4.69) is 33.9 Å². The second-order valence-corrected chi connectivity index (χ2v) is 18.1. The molecule has 0 aromatic heterocycles. The molecule has 0 N–H and O–H groups in total. The number of hydrogen-bond donors (Lipinski definition) is 0. The first-order valence-corrected chi connectivity index (χ1v) is 14.5. The molecule has 2 rings (SSSR count). The molecule has 0 unspecified atom stereocenters. The van der Waals surface area contributed by atoms with Gasteiger partial charge in [-0.2, -0.15) is 8.42 Å².